The van der Waals surface area contributed by atoms with Crippen LogP contribution in [0.5, 0.6) is 5.75 Å². The predicted molar refractivity (Wildman–Crippen MR) is 103 cm³/mol. The molecule has 0 radical (unpaired) electrons. The van der Waals surface area contributed by atoms with Gasteiger partial charge in [0.25, 0.3) is 0 Å². The number of phenols is 1. The number of rotatable bonds is 3. The summed E-state index contributed by atoms with van der Waals surface area (Å²) in [6.45, 7) is 0. The van der Waals surface area contributed by atoms with Crippen LogP contribution in [0.4, 0.5) is 4.39 Å². The van der Waals surface area contributed by atoms with Gasteiger partial charge in [-0.25, -0.2) is 4.39 Å². The van der Waals surface area contributed by atoms with Gasteiger partial charge in [0.05, 0.1) is 16.5 Å². The third-order valence-electron chi connectivity index (χ3n) is 4.29. The summed E-state index contributed by atoms with van der Waals surface area (Å²) >= 11 is 1.28. The number of fused-ring (bicyclic) bond motifs is 1. The number of halogens is 1. The number of ketones is 1. The van der Waals surface area contributed by atoms with Crippen molar-refractivity contribution in [3.05, 3.63) is 88.6 Å². The number of hydrogen-bond acceptors (Lipinski definition) is 4. The van der Waals surface area contributed by atoms with Gasteiger partial charge in [-0.1, -0.05) is 12.1 Å². The zero-order valence-corrected chi connectivity index (χ0v) is 14.8. The number of hydrogen-bond donors (Lipinski definition) is 1. The number of nitrogens with zero attached hydrogens (tertiary/aromatic N) is 1. The normalized spacial score (nSPS) is 10.7. The van der Waals surface area contributed by atoms with E-state index in [1.807, 2.05) is 6.07 Å². The fourth-order valence-electron chi connectivity index (χ4n) is 2.98. The molecule has 0 saturated carbocycles. The minimum absolute atomic E-state index is 0.117. The van der Waals surface area contributed by atoms with Crippen LogP contribution in [0.15, 0.2) is 66.7 Å². The third-order valence-corrected chi connectivity index (χ3v) is 5.44. The first kappa shape index (κ1) is 17.0. The summed E-state index contributed by atoms with van der Waals surface area (Å²) in [7, 11) is 0. The molecule has 0 spiro atoms. The summed E-state index contributed by atoms with van der Waals surface area (Å²) in [5, 5.41) is 19.5. The van der Waals surface area contributed by atoms with Crippen LogP contribution in [0.25, 0.3) is 21.2 Å². The van der Waals surface area contributed by atoms with Crippen LogP contribution < -0.4 is 0 Å². The van der Waals surface area contributed by atoms with E-state index in [1.165, 1.54) is 23.5 Å². The molecule has 0 bridgehead atoms. The molecule has 27 heavy (non-hydrogen) atoms. The third kappa shape index (κ3) is 3.07. The van der Waals surface area contributed by atoms with Gasteiger partial charge < -0.3 is 5.11 Å². The molecule has 4 aromatic rings. The Labute approximate surface area is 158 Å². The summed E-state index contributed by atoms with van der Waals surface area (Å²) < 4.78 is 14.1. The first-order valence-electron chi connectivity index (χ1n) is 8.13. The molecular formula is C22H12FNO2S. The van der Waals surface area contributed by atoms with Crippen molar-refractivity contribution in [3.63, 3.8) is 0 Å². The van der Waals surface area contributed by atoms with Gasteiger partial charge in [-0.05, 0) is 60.2 Å². The number of phenolic OH excluding ortho intramolecular Hbond substituents is 1. The molecule has 3 aromatic carbocycles. The molecule has 0 saturated heterocycles. The Morgan fingerprint density at radius 3 is 2.37 bits per heavy atom. The zero-order valence-electron chi connectivity index (χ0n) is 13.9. The number of thiophene rings is 1. The molecular weight excluding hydrogens is 361 g/mol. The summed E-state index contributed by atoms with van der Waals surface area (Å²) in [5.74, 6) is -0.415. The summed E-state index contributed by atoms with van der Waals surface area (Å²) in [6, 6.07) is 19.4. The van der Waals surface area contributed by atoms with Crippen molar-refractivity contribution >= 4 is 27.2 Å². The predicted octanol–water partition coefficient (Wildman–Crippen LogP) is 5.52. The highest BCUT2D eigenvalue weighted by atomic mass is 32.1. The van der Waals surface area contributed by atoms with Crippen molar-refractivity contribution < 1.29 is 14.3 Å². The van der Waals surface area contributed by atoms with Gasteiger partial charge in [-0.15, -0.1) is 11.3 Å². The Morgan fingerprint density at radius 1 is 1.00 bits per heavy atom. The molecule has 0 atom stereocenters. The molecule has 0 aliphatic rings. The quantitative estimate of drug-likeness (QED) is 0.481. The maximum absolute atomic E-state index is 13.4. The molecule has 3 nitrogen and oxygen atoms in total. The average Bonchev–Trinajstić information content (AvgIpc) is 3.06. The number of carbonyl (C=O) groups excluding carboxylic acids is 1. The van der Waals surface area contributed by atoms with E-state index in [0.29, 0.717) is 21.6 Å². The summed E-state index contributed by atoms with van der Waals surface area (Å²) in [4.78, 5) is 13.7. The van der Waals surface area contributed by atoms with Crippen LogP contribution in [0.3, 0.4) is 0 Å². The van der Waals surface area contributed by atoms with Gasteiger partial charge in [0.15, 0.2) is 0 Å². The van der Waals surface area contributed by atoms with Crippen LogP contribution in [0.2, 0.25) is 0 Å². The fraction of sp³-hybridized carbons (Fsp3) is 0. The molecule has 0 aliphatic heterocycles. The van der Waals surface area contributed by atoms with E-state index in [0.717, 1.165) is 15.6 Å². The van der Waals surface area contributed by atoms with Crippen LogP contribution >= 0.6 is 11.3 Å². The minimum Gasteiger partial charge on any atom is -0.508 e. The average molecular weight is 373 g/mol. The van der Waals surface area contributed by atoms with E-state index in [9.17, 15) is 14.3 Å². The molecule has 1 aromatic heterocycles. The van der Waals surface area contributed by atoms with Gasteiger partial charge in [-0.3, -0.25) is 4.79 Å². The smallest absolute Gasteiger partial charge is 0.203 e. The van der Waals surface area contributed by atoms with Crippen molar-refractivity contribution in [1.82, 2.24) is 0 Å². The van der Waals surface area contributed by atoms with Crippen LogP contribution in [0, 0.1) is 17.1 Å². The van der Waals surface area contributed by atoms with Crippen LogP contribution in [-0.4, -0.2) is 10.9 Å². The van der Waals surface area contributed by atoms with Gasteiger partial charge in [-0.2, -0.15) is 5.26 Å². The number of carbonyl (C=O) groups is 1. The summed E-state index contributed by atoms with van der Waals surface area (Å²) in [5.41, 5.74) is 2.38. The molecule has 1 heterocycles. The Hall–Kier alpha value is -3.49. The molecule has 0 aliphatic carbocycles. The Kier molecular flexibility index (Phi) is 4.19. The second kappa shape index (κ2) is 6.67. The van der Waals surface area contributed by atoms with E-state index in [1.54, 1.807) is 54.6 Å². The van der Waals surface area contributed by atoms with Crippen molar-refractivity contribution in [3.8, 4) is 22.9 Å². The number of nitriles is 1. The SMILES string of the molecule is N#Cc1ccc(C(=O)c2sc3cc(O)ccc3c2-c2ccc(F)cc2)cc1. The van der Waals surface area contributed by atoms with Crippen molar-refractivity contribution in [1.29, 1.82) is 5.26 Å². The second-order valence-corrected chi connectivity index (χ2v) is 7.06. The van der Waals surface area contributed by atoms with Gasteiger partial charge >= 0.3 is 0 Å². The van der Waals surface area contributed by atoms with E-state index in [2.05, 4.69) is 0 Å². The van der Waals surface area contributed by atoms with E-state index in [-0.39, 0.29) is 17.3 Å². The minimum atomic E-state index is -0.351. The highest BCUT2D eigenvalue weighted by Gasteiger charge is 2.21. The topological polar surface area (TPSA) is 61.1 Å². The Morgan fingerprint density at radius 2 is 1.70 bits per heavy atom. The maximum atomic E-state index is 13.4. The molecule has 0 unspecified atom stereocenters. The van der Waals surface area contributed by atoms with Gasteiger partial charge in [0, 0.05) is 21.2 Å². The monoisotopic (exact) mass is 373 g/mol. The second-order valence-electron chi connectivity index (χ2n) is 6.01. The highest BCUT2D eigenvalue weighted by molar-refractivity contribution is 7.21. The molecule has 0 amide bonds. The first-order valence-corrected chi connectivity index (χ1v) is 8.95. The van der Waals surface area contributed by atoms with E-state index in [4.69, 9.17) is 5.26 Å². The van der Waals surface area contributed by atoms with E-state index < -0.39 is 0 Å². The van der Waals surface area contributed by atoms with Gasteiger partial charge in [0.1, 0.15) is 11.6 Å². The Balaban J connectivity index is 1.93. The molecule has 1 N–H and O–H groups in total. The molecule has 4 rings (SSSR count). The first-order chi connectivity index (χ1) is 13.1. The standard InChI is InChI=1S/C22H12FNO2S/c23-16-7-5-14(6-8-16)20-18-10-9-17(25)11-19(18)27-22(20)21(26)15-3-1-13(12-24)2-4-15/h1-11,25H. The lowest BCUT2D eigenvalue weighted by Crippen LogP contribution is -2.00. The van der Waals surface area contributed by atoms with Crippen LogP contribution in [-0.2, 0) is 0 Å². The number of benzene rings is 3. The Bertz CT molecular complexity index is 1200. The van der Waals surface area contributed by atoms with Crippen molar-refractivity contribution in [2.24, 2.45) is 0 Å². The van der Waals surface area contributed by atoms with Crippen LogP contribution in [0.1, 0.15) is 20.8 Å². The van der Waals surface area contributed by atoms with E-state index >= 15 is 0 Å². The number of aromatic hydroxyl groups is 1. The van der Waals surface area contributed by atoms with Gasteiger partial charge in [0.2, 0.25) is 5.78 Å². The van der Waals surface area contributed by atoms with Crippen molar-refractivity contribution in [2.45, 2.75) is 0 Å². The lowest BCUT2D eigenvalue weighted by atomic mass is 9.98. The largest absolute Gasteiger partial charge is 0.508 e. The lowest BCUT2D eigenvalue weighted by molar-refractivity contribution is 0.104. The summed E-state index contributed by atoms with van der Waals surface area (Å²) in [6.07, 6.45) is 0. The van der Waals surface area contributed by atoms with Crippen molar-refractivity contribution in [2.75, 3.05) is 0 Å². The molecule has 130 valence electrons. The fourth-order valence-corrected chi connectivity index (χ4v) is 4.20. The highest BCUT2D eigenvalue weighted by Crippen LogP contribution is 2.41. The molecule has 5 heteroatoms. The molecule has 0 fully saturated rings. The zero-order chi connectivity index (χ0) is 19.0. The maximum Gasteiger partial charge on any atom is 0.203 e. The lowest BCUT2D eigenvalue weighted by Gasteiger charge is -2.05.